The van der Waals surface area contributed by atoms with Gasteiger partial charge in [-0.1, -0.05) is 19.4 Å². The molecule has 1 fully saturated rings. The maximum absolute atomic E-state index is 12.4. The number of aryl methyl sites for hydroxylation is 1. The van der Waals surface area contributed by atoms with E-state index in [9.17, 15) is 9.59 Å². The Hall–Kier alpha value is -1.95. The molecule has 1 aromatic heterocycles. The van der Waals surface area contributed by atoms with Gasteiger partial charge in [0.25, 0.3) is 0 Å². The molecule has 0 radical (unpaired) electrons. The lowest BCUT2D eigenvalue weighted by Crippen LogP contribution is -2.49. The Morgan fingerprint density at radius 2 is 2.26 bits per heavy atom. The fourth-order valence-electron chi connectivity index (χ4n) is 2.90. The lowest BCUT2D eigenvalue weighted by molar-refractivity contribution is -0.136. The van der Waals surface area contributed by atoms with Crippen molar-refractivity contribution >= 4 is 17.6 Å². The predicted molar refractivity (Wildman–Crippen MR) is 89.8 cm³/mol. The first-order chi connectivity index (χ1) is 11.0. The molecular weight excluding hydrogens is 292 g/mol. The molecule has 1 aromatic rings. The maximum atomic E-state index is 12.4. The van der Waals surface area contributed by atoms with Crippen molar-refractivity contribution in [1.82, 2.24) is 9.88 Å². The molecule has 2 rings (SSSR count). The van der Waals surface area contributed by atoms with Gasteiger partial charge in [-0.25, -0.2) is 4.98 Å². The number of nitrogens with two attached hydrogens (primary N) is 1. The molecule has 2 unspecified atom stereocenters. The Bertz CT molecular complexity index is 561. The molecule has 0 spiro atoms. The topological polar surface area (TPSA) is 88.3 Å². The zero-order chi connectivity index (χ0) is 16.8. The predicted octanol–water partition coefficient (Wildman–Crippen LogP) is 1.69. The number of rotatable bonds is 5. The zero-order valence-corrected chi connectivity index (χ0v) is 13.9. The van der Waals surface area contributed by atoms with Crippen molar-refractivity contribution in [2.24, 2.45) is 11.7 Å². The third-order valence-electron chi connectivity index (χ3n) is 4.16. The molecule has 1 aliphatic rings. The monoisotopic (exact) mass is 318 g/mol. The van der Waals surface area contributed by atoms with Crippen LogP contribution in [0.5, 0.6) is 0 Å². The summed E-state index contributed by atoms with van der Waals surface area (Å²) < 4.78 is 0. The van der Waals surface area contributed by atoms with Gasteiger partial charge in [-0.2, -0.15) is 0 Å². The van der Waals surface area contributed by atoms with Gasteiger partial charge in [-0.05, 0) is 38.3 Å². The molecule has 0 bridgehead atoms. The fraction of sp³-hybridized carbons (Fsp3) is 0.588. The summed E-state index contributed by atoms with van der Waals surface area (Å²) in [6.07, 6.45) is 3.16. The van der Waals surface area contributed by atoms with Crippen molar-refractivity contribution in [3.8, 4) is 0 Å². The first-order valence-corrected chi connectivity index (χ1v) is 8.30. The molecule has 6 heteroatoms. The average Bonchev–Trinajstić information content (AvgIpc) is 2.54. The Balaban J connectivity index is 1.95. The third-order valence-corrected chi connectivity index (χ3v) is 4.16. The fourth-order valence-corrected chi connectivity index (χ4v) is 2.90. The quantitative estimate of drug-likeness (QED) is 0.865. The highest BCUT2D eigenvalue weighted by Gasteiger charge is 2.30. The molecule has 1 aliphatic heterocycles. The van der Waals surface area contributed by atoms with E-state index in [1.807, 2.05) is 26.0 Å². The molecule has 6 nitrogen and oxygen atoms in total. The standard InChI is InChI=1S/C17H26N4O2/c1-3-6-14(18)17(23)21-10-5-8-13(11-21)16(22)20-15-9-4-7-12(2)19-15/h4,7,9,13-14H,3,5-6,8,10-11,18H2,1-2H3,(H,19,20,22). The number of piperidine rings is 1. The van der Waals surface area contributed by atoms with Gasteiger partial charge >= 0.3 is 0 Å². The number of aromatic nitrogens is 1. The number of hydrogen-bond donors (Lipinski definition) is 2. The van der Waals surface area contributed by atoms with E-state index >= 15 is 0 Å². The van der Waals surface area contributed by atoms with E-state index in [2.05, 4.69) is 10.3 Å². The van der Waals surface area contributed by atoms with Gasteiger partial charge in [0.15, 0.2) is 0 Å². The number of anilines is 1. The van der Waals surface area contributed by atoms with E-state index in [1.165, 1.54) is 0 Å². The normalized spacial score (nSPS) is 19.3. The molecule has 0 aliphatic carbocycles. The Kier molecular flexibility index (Phi) is 6.10. The van der Waals surface area contributed by atoms with Crippen LogP contribution in [0.15, 0.2) is 18.2 Å². The van der Waals surface area contributed by atoms with Crippen LogP contribution in [0.1, 0.15) is 38.3 Å². The van der Waals surface area contributed by atoms with Crippen LogP contribution >= 0.6 is 0 Å². The van der Waals surface area contributed by atoms with E-state index in [0.29, 0.717) is 25.3 Å². The minimum absolute atomic E-state index is 0.0435. The molecule has 0 aromatic carbocycles. The summed E-state index contributed by atoms with van der Waals surface area (Å²) >= 11 is 0. The van der Waals surface area contributed by atoms with Crippen molar-refractivity contribution in [2.45, 2.75) is 45.6 Å². The number of amides is 2. The van der Waals surface area contributed by atoms with Crippen LogP contribution in [0.2, 0.25) is 0 Å². The summed E-state index contributed by atoms with van der Waals surface area (Å²) in [5.74, 6) is 0.229. The summed E-state index contributed by atoms with van der Waals surface area (Å²) in [6.45, 7) is 5.01. The SMILES string of the molecule is CCCC(N)C(=O)N1CCCC(C(=O)Nc2cccc(C)n2)C1. The summed E-state index contributed by atoms with van der Waals surface area (Å²) in [4.78, 5) is 30.8. The molecule has 2 atom stereocenters. The smallest absolute Gasteiger partial charge is 0.239 e. The van der Waals surface area contributed by atoms with E-state index in [0.717, 1.165) is 25.0 Å². The van der Waals surface area contributed by atoms with Gasteiger partial charge < -0.3 is 16.0 Å². The number of carbonyl (C=O) groups excluding carboxylic acids is 2. The van der Waals surface area contributed by atoms with E-state index < -0.39 is 6.04 Å². The van der Waals surface area contributed by atoms with Crippen molar-refractivity contribution in [3.05, 3.63) is 23.9 Å². The zero-order valence-electron chi connectivity index (χ0n) is 13.9. The molecule has 3 N–H and O–H groups in total. The van der Waals surface area contributed by atoms with Crippen LogP contribution in [-0.2, 0) is 9.59 Å². The molecule has 126 valence electrons. The van der Waals surface area contributed by atoms with E-state index in [-0.39, 0.29) is 17.7 Å². The molecule has 0 saturated carbocycles. The number of nitrogens with one attached hydrogen (secondary N) is 1. The second kappa shape index (κ2) is 8.06. The number of pyridine rings is 1. The second-order valence-electron chi connectivity index (χ2n) is 6.17. The lowest BCUT2D eigenvalue weighted by atomic mass is 9.96. The van der Waals surface area contributed by atoms with Gasteiger partial charge in [-0.15, -0.1) is 0 Å². The Morgan fingerprint density at radius 1 is 1.48 bits per heavy atom. The minimum Gasteiger partial charge on any atom is -0.341 e. The first-order valence-electron chi connectivity index (χ1n) is 8.30. The number of carbonyl (C=O) groups is 2. The number of likely N-dealkylation sites (tertiary alicyclic amines) is 1. The van der Waals surface area contributed by atoms with E-state index in [4.69, 9.17) is 5.73 Å². The van der Waals surface area contributed by atoms with Crippen molar-refractivity contribution < 1.29 is 9.59 Å². The number of hydrogen-bond acceptors (Lipinski definition) is 4. The molecule has 2 heterocycles. The second-order valence-corrected chi connectivity index (χ2v) is 6.17. The lowest BCUT2D eigenvalue weighted by Gasteiger charge is -2.33. The minimum atomic E-state index is -0.458. The van der Waals surface area contributed by atoms with Crippen LogP contribution < -0.4 is 11.1 Å². The number of nitrogens with zero attached hydrogens (tertiary/aromatic N) is 2. The summed E-state index contributed by atoms with van der Waals surface area (Å²) in [6, 6.07) is 5.05. The highest BCUT2D eigenvalue weighted by Crippen LogP contribution is 2.19. The molecule has 2 amide bonds. The summed E-state index contributed by atoms with van der Waals surface area (Å²) in [5.41, 5.74) is 6.77. The van der Waals surface area contributed by atoms with Gasteiger partial charge in [0.2, 0.25) is 11.8 Å². The van der Waals surface area contributed by atoms with Gasteiger partial charge in [0.1, 0.15) is 5.82 Å². The third kappa shape index (κ3) is 4.76. The van der Waals surface area contributed by atoms with Crippen LogP contribution in [0.25, 0.3) is 0 Å². The van der Waals surface area contributed by atoms with Crippen LogP contribution in [0.4, 0.5) is 5.82 Å². The van der Waals surface area contributed by atoms with Crippen molar-refractivity contribution in [2.75, 3.05) is 18.4 Å². The first kappa shape index (κ1) is 17.4. The van der Waals surface area contributed by atoms with Gasteiger partial charge in [0.05, 0.1) is 12.0 Å². The summed E-state index contributed by atoms with van der Waals surface area (Å²) in [7, 11) is 0. The Morgan fingerprint density at radius 3 is 2.96 bits per heavy atom. The highest BCUT2D eigenvalue weighted by molar-refractivity contribution is 5.92. The summed E-state index contributed by atoms with van der Waals surface area (Å²) in [5, 5.41) is 2.85. The van der Waals surface area contributed by atoms with Gasteiger partial charge in [-0.3, -0.25) is 9.59 Å². The van der Waals surface area contributed by atoms with Crippen LogP contribution in [-0.4, -0.2) is 40.8 Å². The highest BCUT2D eigenvalue weighted by atomic mass is 16.2. The van der Waals surface area contributed by atoms with Crippen LogP contribution in [0.3, 0.4) is 0 Å². The molecule has 23 heavy (non-hydrogen) atoms. The molecule has 1 saturated heterocycles. The van der Waals surface area contributed by atoms with Crippen molar-refractivity contribution in [3.63, 3.8) is 0 Å². The van der Waals surface area contributed by atoms with Crippen LogP contribution in [0, 0.1) is 12.8 Å². The largest absolute Gasteiger partial charge is 0.341 e. The Labute approximate surface area is 137 Å². The molecular formula is C17H26N4O2. The van der Waals surface area contributed by atoms with E-state index in [1.54, 1.807) is 11.0 Å². The average molecular weight is 318 g/mol. The van der Waals surface area contributed by atoms with Crippen molar-refractivity contribution in [1.29, 1.82) is 0 Å². The maximum Gasteiger partial charge on any atom is 0.239 e. The van der Waals surface area contributed by atoms with Gasteiger partial charge in [0, 0.05) is 18.8 Å².